The molecule has 0 radical (unpaired) electrons. The lowest BCUT2D eigenvalue weighted by Gasteiger charge is -2.30. The highest BCUT2D eigenvalue weighted by molar-refractivity contribution is 5.77. The normalized spacial score (nSPS) is 21.3. The standard InChI is InChI=1S/C26H36F2N4O3/c1-18-16-29-25(35-18)15-23(33)30-21-6-3-19(4-7-21)9-12-32-13-10-20-5-8-24(31-22(20)11-14-32)34-17-26(2,27)28/h5,8,16,19,21H,3-4,6-7,9-15,17H2,1-2H3,(H,30,33)/t19-,21-. The van der Waals surface area contributed by atoms with Crippen LogP contribution in [0.5, 0.6) is 5.88 Å². The first kappa shape index (κ1) is 25.5. The van der Waals surface area contributed by atoms with E-state index in [1.807, 2.05) is 13.0 Å². The van der Waals surface area contributed by atoms with Crippen molar-refractivity contribution in [3.63, 3.8) is 0 Å². The molecule has 7 nitrogen and oxygen atoms in total. The first-order chi connectivity index (χ1) is 16.7. The lowest BCUT2D eigenvalue weighted by molar-refractivity contribution is -0.121. The molecule has 0 atom stereocenters. The van der Waals surface area contributed by atoms with Gasteiger partial charge in [-0.3, -0.25) is 4.79 Å². The van der Waals surface area contributed by atoms with Gasteiger partial charge in [-0.2, -0.15) is 0 Å². The molecule has 2 aromatic rings. The van der Waals surface area contributed by atoms with Gasteiger partial charge in [0.05, 0.1) is 6.20 Å². The van der Waals surface area contributed by atoms with Crippen LogP contribution >= 0.6 is 0 Å². The van der Waals surface area contributed by atoms with Crippen LogP contribution in [0.2, 0.25) is 0 Å². The van der Waals surface area contributed by atoms with Crippen molar-refractivity contribution in [2.24, 2.45) is 5.92 Å². The fourth-order valence-electron chi connectivity index (χ4n) is 4.97. The summed E-state index contributed by atoms with van der Waals surface area (Å²) in [6.07, 6.45) is 8.97. The average Bonchev–Trinajstić information content (AvgIpc) is 3.10. The monoisotopic (exact) mass is 490 g/mol. The Morgan fingerprint density at radius 3 is 2.71 bits per heavy atom. The third kappa shape index (κ3) is 7.98. The first-order valence-electron chi connectivity index (χ1n) is 12.7. The predicted molar refractivity (Wildman–Crippen MR) is 128 cm³/mol. The molecule has 4 rings (SSSR count). The second kappa shape index (κ2) is 11.5. The quantitative estimate of drug-likeness (QED) is 0.570. The number of amides is 1. The minimum atomic E-state index is -2.87. The topological polar surface area (TPSA) is 80.5 Å². The van der Waals surface area contributed by atoms with E-state index in [1.54, 1.807) is 12.3 Å². The fraction of sp³-hybridized carbons (Fsp3) is 0.654. The summed E-state index contributed by atoms with van der Waals surface area (Å²) in [4.78, 5) is 23.3. The molecule has 0 unspecified atom stereocenters. The van der Waals surface area contributed by atoms with Gasteiger partial charge in [0.1, 0.15) is 12.2 Å². The number of carbonyl (C=O) groups is 1. The van der Waals surface area contributed by atoms with Gasteiger partial charge in [-0.05, 0) is 63.5 Å². The molecule has 1 fully saturated rings. The average molecular weight is 491 g/mol. The summed E-state index contributed by atoms with van der Waals surface area (Å²) >= 11 is 0. The molecule has 2 aromatic heterocycles. The van der Waals surface area contributed by atoms with Crippen molar-refractivity contribution >= 4 is 5.91 Å². The number of nitrogens with one attached hydrogen (secondary N) is 1. The Bertz CT molecular complexity index is 983. The van der Waals surface area contributed by atoms with Crippen LogP contribution < -0.4 is 10.1 Å². The molecule has 2 aliphatic rings. The first-order valence-corrected chi connectivity index (χ1v) is 12.7. The molecular formula is C26H36F2N4O3. The van der Waals surface area contributed by atoms with E-state index in [0.29, 0.717) is 11.8 Å². The number of hydrogen-bond acceptors (Lipinski definition) is 6. The number of alkyl halides is 2. The van der Waals surface area contributed by atoms with E-state index in [1.165, 1.54) is 5.56 Å². The van der Waals surface area contributed by atoms with Crippen LogP contribution in [-0.2, 0) is 24.1 Å². The molecule has 0 saturated heterocycles. The number of hydrogen-bond donors (Lipinski definition) is 1. The van der Waals surface area contributed by atoms with Gasteiger partial charge >= 0.3 is 0 Å². The van der Waals surface area contributed by atoms with Gasteiger partial charge in [0.2, 0.25) is 17.7 Å². The number of aryl methyl sites for hydroxylation is 1. The second-order valence-corrected chi connectivity index (χ2v) is 10.1. The third-order valence-corrected chi connectivity index (χ3v) is 6.92. The van der Waals surface area contributed by atoms with Crippen molar-refractivity contribution in [2.75, 3.05) is 26.2 Å². The number of oxazole rings is 1. The van der Waals surface area contributed by atoms with Crippen LogP contribution in [0.15, 0.2) is 22.7 Å². The summed E-state index contributed by atoms with van der Waals surface area (Å²) in [5, 5.41) is 3.13. The Kier molecular flexibility index (Phi) is 8.36. The molecule has 1 amide bonds. The van der Waals surface area contributed by atoms with Crippen LogP contribution in [-0.4, -0.2) is 59.0 Å². The Balaban J connectivity index is 1.16. The van der Waals surface area contributed by atoms with E-state index in [2.05, 4.69) is 20.2 Å². The zero-order valence-electron chi connectivity index (χ0n) is 20.7. The number of carbonyl (C=O) groups excluding carboxylic acids is 1. The van der Waals surface area contributed by atoms with Gasteiger partial charge in [-0.15, -0.1) is 0 Å². The van der Waals surface area contributed by atoms with Crippen molar-refractivity contribution in [1.82, 2.24) is 20.2 Å². The zero-order valence-corrected chi connectivity index (χ0v) is 20.7. The van der Waals surface area contributed by atoms with E-state index in [9.17, 15) is 13.6 Å². The smallest absolute Gasteiger partial charge is 0.278 e. The number of ether oxygens (including phenoxy) is 1. The Hall–Kier alpha value is -2.55. The zero-order chi connectivity index (χ0) is 24.8. The highest BCUT2D eigenvalue weighted by Gasteiger charge is 2.25. The maximum absolute atomic E-state index is 13.1. The molecule has 0 spiro atoms. The summed E-state index contributed by atoms with van der Waals surface area (Å²) in [5.74, 6) is -0.752. The van der Waals surface area contributed by atoms with E-state index >= 15 is 0 Å². The number of halogens is 2. The van der Waals surface area contributed by atoms with Crippen molar-refractivity contribution < 1.29 is 22.7 Å². The second-order valence-electron chi connectivity index (χ2n) is 10.1. The van der Waals surface area contributed by atoms with Crippen molar-refractivity contribution in [2.45, 2.75) is 77.2 Å². The minimum Gasteiger partial charge on any atom is -0.471 e. The van der Waals surface area contributed by atoms with E-state index in [4.69, 9.17) is 9.15 Å². The highest BCUT2D eigenvalue weighted by Crippen LogP contribution is 2.28. The summed E-state index contributed by atoms with van der Waals surface area (Å²) in [6, 6.07) is 3.90. The van der Waals surface area contributed by atoms with E-state index < -0.39 is 12.5 Å². The SMILES string of the molecule is Cc1cnc(CC(=O)N[C@H]2CC[C@H](CCN3CCc4ccc(OCC(C)(F)F)nc4CC3)CC2)o1. The van der Waals surface area contributed by atoms with Crippen molar-refractivity contribution in [1.29, 1.82) is 0 Å². The van der Waals surface area contributed by atoms with Gasteiger partial charge < -0.3 is 19.4 Å². The van der Waals surface area contributed by atoms with Crippen molar-refractivity contribution in [3.8, 4) is 5.88 Å². The van der Waals surface area contributed by atoms with Crippen LogP contribution in [0.3, 0.4) is 0 Å². The summed E-state index contributed by atoms with van der Waals surface area (Å²) < 4.78 is 36.7. The number of aromatic nitrogens is 2. The van der Waals surface area contributed by atoms with Gasteiger partial charge in [0.25, 0.3) is 5.92 Å². The lowest BCUT2D eigenvalue weighted by Crippen LogP contribution is -2.39. The molecule has 9 heteroatoms. The Morgan fingerprint density at radius 2 is 2.00 bits per heavy atom. The van der Waals surface area contributed by atoms with Crippen LogP contribution in [0.4, 0.5) is 8.78 Å². The lowest BCUT2D eigenvalue weighted by atomic mass is 9.84. The molecule has 1 saturated carbocycles. The van der Waals surface area contributed by atoms with Crippen LogP contribution in [0.1, 0.15) is 61.9 Å². The number of nitrogens with zero attached hydrogens (tertiary/aromatic N) is 3. The fourth-order valence-corrected chi connectivity index (χ4v) is 4.97. The van der Waals surface area contributed by atoms with Crippen molar-refractivity contribution in [3.05, 3.63) is 41.2 Å². The number of fused-ring (bicyclic) bond motifs is 1. The maximum atomic E-state index is 13.1. The number of pyridine rings is 1. The summed E-state index contributed by atoms with van der Waals surface area (Å²) in [5.41, 5.74) is 2.14. The largest absolute Gasteiger partial charge is 0.471 e. The molecule has 1 N–H and O–H groups in total. The maximum Gasteiger partial charge on any atom is 0.278 e. The Morgan fingerprint density at radius 1 is 1.23 bits per heavy atom. The molecule has 0 bridgehead atoms. The van der Waals surface area contributed by atoms with Gasteiger partial charge in [0, 0.05) is 44.2 Å². The molecule has 192 valence electrons. The molecule has 1 aliphatic heterocycles. The third-order valence-electron chi connectivity index (χ3n) is 6.92. The molecule has 0 aromatic carbocycles. The number of rotatable bonds is 9. The molecule has 35 heavy (non-hydrogen) atoms. The summed E-state index contributed by atoms with van der Waals surface area (Å²) in [6.45, 7) is 4.95. The molecule has 1 aliphatic carbocycles. The van der Waals surface area contributed by atoms with Crippen LogP contribution in [0.25, 0.3) is 0 Å². The van der Waals surface area contributed by atoms with E-state index in [-0.39, 0.29) is 24.2 Å². The van der Waals surface area contributed by atoms with Gasteiger partial charge in [-0.1, -0.05) is 6.07 Å². The molecular weight excluding hydrogens is 454 g/mol. The molecule has 3 heterocycles. The Labute approximate surface area is 205 Å². The summed E-state index contributed by atoms with van der Waals surface area (Å²) in [7, 11) is 0. The van der Waals surface area contributed by atoms with E-state index in [0.717, 1.165) is 83.0 Å². The minimum absolute atomic E-state index is 0.0231. The van der Waals surface area contributed by atoms with Gasteiger partial charge in [-0.25, -0.2) is 18.7 Å². The highest BCUT2D eigenvalue weighted by atomic mass is 19.3. The van der Waals surface area contributed by atoms with Crippen LogP contribution in [0, 0.1) is 12.8 Å². The van der Waals surface area contributed by atoms with Gasteiger partial charge in [0.15, 0.2) is 6.61 Å². The predicted octanol–water partition coefficient (Wildman–Crippen LogP) is 4.12.